The molecule has 0 heterocycles. The minimum Gasteiger partial charge on any atom is -0.348 e. The molecule has 0 aromatic heterocycles. The van der Waals surface area contributed by atoms with Crippen molar-refractivity contribution in [2.24, 2.45) is 0 Å². The lowest BCUT2D eigenvalue weighted by Gasteiger charge is -2.24. The second kappa shape index (κ2) is 7.24. The molecule has 0 bridgehead atoms. The number of aryl methyl sites for hydroxylation is 3. The van der Waals surface area contributed by atoms with Crippen molar-refractivity contribution >= 4 is 15.9 Å². The van der Waals surface area contributed by atoms with Crippen LogP contribution in [-0.2, 0) is 14.8 Å². The molecule has 1 amide bonds. The van der Waals surface area contributed by atoms with Gasteiger partial charge in [-0.2, -0.15) is 4.31 Å². The van der Waals surface area contributed by atoms with Crippen LogP contribution in [0.4, 0.5) is 0 Å². The van der Waals surface area contributed by atoms with Crippen molar-refractivity contribution < 1.29 is 13.2 Å². The Kier molecular flexibility index (Phi) is 6.14. The van der Waals surface area contributed by atoms with Crippen LogP contribution in [0, 0.1) is 20.8 Å². The number of nitrogens with zero attached hydrogens (tertiary/aromatic N) is 2. The van der Waals surface area contributed by atoms with E-state index in [1.807, 2.05) is 26.0 Å². The van der Waals surface area contributed by atoms with Crippen molar-refractivity contribution in [3.63, 3.8) is 0 Å². The van der Waals surface area contributed by atoms with Crippen LogP contribution in [0.3, 0.4) is 0 Å². The van der Waals surface area contributed by atoms with Crippen LogP contribution in [0.5, 0.6) is 0 Å². The van der Waals surface area contributed by atoms with Gasteiger partial charge >= 0.3 is 0 Å². The number of carbonyl (C=O) groups is 1. The Labute approximate surface area is 134 Å². The smallest absolute Gasteiger partial charge is 0.244 e. The average molecular weight is 326 g/mol. The lowest BCUT2D eigenvalue weighted by atomic mass is 10.1. The summed E-state index contributed by atoms with van der Waals surface area (Å²) in [6.45, 7) is 7.63. The highest BCUT2D eigenvalue weighted by Gasteiger charge is 2.29. The normalized spacial score (nSPS) is 11.8. The number of benzene rings is 1. The average Bonchev–Trinajstić information content (AvgIpc) is 2.36. The molecule has 0 aliphatic heterocycles. The van der Waals surface area contributed by atoms with E-state index in [0.717, 1.165) is 16.7 Å². The van der Waals surface area contributed by atoms with E-state index in [9.17, 15) is 13.2 Å². The van der Waals surface area contributed by atoms with Gasteiger partial charge in [-0.15, -0.1) is 0 Å². The summed E-state index contributed by atoms with van der Waals surface area (Å²) in [4.78, 5) is 13.7. The quantitative estimate of drug-likeness (QED) is 0.804. The third-order valence-corrected chi connectivity index (χ3v) is 5.64. The number of rotatable bonds is 6. The maximum absolute atomic E-state index is 13.0. The number of hydrogen-bond donors (Lipinski definition) is 0. The molecule has 124 valence electrons. The number of carbonyl (C=O) groups excluding carboxylic acids is 1. The van der Waals surface area contributed by atoms with Gasteiger partial charge < -0.3 is 4.90 Å². The zero-order valence-corrected chi connectivity index (χ0v) is 15.1. The van der Waals surface area contributed by atoms with Crippen molar-refractivity contribution in [2.75, 3.05) is 27.2 Å². The first-order chi connectivity index (χ1) is 10.1. The van der Waals surface area contributed by atoms with Gasteiger partial charge in [0.1, 0.15) is 0 Å². The van der Waals surface area contributed by atoms with Gasteiger partial charge in [0.2, 0.25) is 15.9 Å². The predicted octanol–water partition coefficient (Wildman–Crippen LogP) is 2.10. The molecule has 0 aliphatic rings. The van der Waals surface area contributed by atoms with E-state index in [1.54, 1.807) is 27.9 Å². The third kappa shape index (κ3) is 4.08. The van der Waals surface area contributed by atoms with E-state index in [0.29, 0.717) is 17.9 Å². The number of amides is 1. The van der Waals surface area contributed by atoms with Crippen molar-refractivity contribution in [1.82, 2.24) is 9.21 Å². The largest absolute Gasteiger partial charge is 0.348 e. The molecule has 0 radical (unpaired) electrons. The van der Waals surface area contributed by atoms with Crippen LogP contribution in [0.25, 0.3) is 0 Å². The molecular formula is C16H26N2O3S. The van der Waals surface area contributed by atoms with Crippen molar-refractivity contribution in [3.05, 3.63) is 28.8 Å². The van der Waals surface area contributed by atoms with Gasteiger partial charge in [0.15, 0.2) is 0 Å². The Balaban J connectivity index is 3.32. The summed E-state index contributed by atoms with van der Waals surface area (Å²) in [6.07, 6.45) is 0.657. The van der Waals surface area contributed by atoms with Crippen LogP contribution in [0.15, 0.2) is 17.0 Å². The standard InChI is InChI=1S/C16H26N2O3S/c1-7-8-18(11-15(19)17(5)6)22(20,21)16-13(3)9-12(2)10-14(16)4/h9-10H,7-8,11H2,1-6H3. The highest BCUT2D eigenvalue weighted by molar-refractivity contribution is 7.89. The highest BCUT2D eigenvalue weighted by Crippen LogP contribution is 2.25. The second-order valence-electron chi connectivity index (χ2n) is 5.85. The Hall–Kier alpha value is -1.40. The molecule has 5 nitrogen and oxygen atoms in total. The summed E-state index contributed by atoms with van der Waals surface area (Å²) >= 11 is 0. The molecule has 0 saturated heterocycles. The highest BCUT2D eigenvalue weighted by atomic mass is 32.2. The molecule has 0 aliphatic carbocycles. The maximum Gasteiger partial charge on any atom is 0.244 e. The van der Waals surface area contributed by atoms with Gasteiger partial charge in [-0.3, -0.25) is 4.79 Å². The van der Waals surface area contributed by atoms with E-state index < -0.39 is 10.0 Å². The summed E-state index contributed by atoms with van der Waals surface area (Å²) in [5.74, 6) is -0.223. The van der Waals surface area contributed by atoms with E-state index in [-0.39, 0.29) is 12.5 Å². The monoisotopic (exact) mass is 326 g/mol. The summed E-state index contributed by atoms with van der Waals surface area (Å²) < 4.78 is 27.3. The molecule has 0 unspecified atom stereocenters. The zero-order valence-electron chi connectivity index (χ0n) is 14.3. The van der Waals surface area contributed by atoms with Crippen LogP contribution in [0.1, 0.15) is 30.0 Å². The van der Waals surface area contributed by atoms with E-state index in [1.165, 1.54) is 9.21 Å². The van der Waals surface area contributed by atoms with Gasteiger partial charge in [-0.05, 0) is 38.3 Å². The van der Waals surface area contributed by atoms with E-state index >= 15 is 0 Å². The molecule has 1 aromatic carbocycles. The second-order valence-corrected chi connectivity index (χ2v) is 7.73. The summed E-state index contributed by atoms with van der Waals surface area (Å²) in [6, 6.07) is 3.72. The van der Waals surface area contributed by atoms with Gasteiger partial charge in [0.05, 0.1) is 11.4 Å². The molecule has 0 spiro atoms. The number of likely N-dealkylation sites (N-methyl/N-ethyl adjacent to an activating group) is 1. The van der Waals surface area contributed by atoms with Gasteiger partial charge in [-0.25, -0.2) is 8.42 Å². The first-order valence-electron chi connectivity index (χ1n) is 7.39. The minimum absolute atomic E-state index is 0.129. The molecule has 0 N–H and O–H groups in total. The fourth-order valence-electron chi connectivity index (χ4n) is 2.53. The minimum atomic E-state index is -3.68. The summed E-state index contributed by atoms with van der Waals surface area (Å²) in [7, 11) is -0.431. The fourth-order valence-corrected chi connectivity index (χ4v) is 4.42. The lowest BCUT2D eigenvalue weighted by Crippen LogP contribution is -2.41. The SMILES string of the molecule is CCCN(CC(=O)N(C)C)S(=O)(=O)c1c(C)cc(C)cc1C. The van der Waals surface area contributed by atoms with Crippen molar-refractivity contribution in [2.45, 2.75) is 39.0 Å². The van der Waals surface area contributed by atoms with Crippen LogP contribution < -0.4 is 0 Å². The molecule has 0 fully saturated rings. The maximum atomic E-state index is 13.0. The predicted molar refractivity (Wildman–Crippen MR) is 88.4 cm³/mol. The van der Waals surface area contributed by atoms with Crippen LogP contribution in [-0.4, -0.2) is 50.7 Å². The van der Waals surface area contributed by atoms with E-state index in [4.69, 9.17) is 0 Å². The lowest BCUT2D eigenvalue weighted by molar-refractivity contribution is -0.128. The number of hydrogen-bond acceptors (Lipinski definition) is 3. The molecule has 0 atom stereocenters. The zero-order chi connectivity index (χ0) is 17.1. The van der Waals surface area contributed by atoms with Crippen LogP contribution >= 0.6 is 0 Å². The van der Waals surface area contributed by atoms with Gasteiger partial charge in [-0.1, -0.05) is 24.6 Å². The fraction of sp³-hybridized carbons (Fsp3) is 0.562. The van der Waals surface area contributed by atoms with Crippen molar-refractivity contribution in [1.29, 1.82) is 0 Å². The first-order valence-corrected chi connectivity index (χ1v) is 8.83. The molecule has 0 saturated carbocycles. The first kappa shape index (κ1) is 18.6. The molecule has 6 heteroatoms. The van der Waals surface area contributed by atoms with Crippen molar-refractivity contribution in [3.8, 4) is 0 Å². The van der Waals surface area contributed by atoms with E-state index in [2.05, 4.69) is 0 Å². The Morgan fingerprint density at radius 1 is 1.09 bits per heavy atom. The van der Waals surface area contributed by atoms with Gasteiger partial charge in [0.25, 0.3) is 0 Å². The topological polar surface area (TPSA) is 57.7 Å². The van der Waals surface area contributed by atoms with Crippen LogP contribution in [0.2, 0.25) is 0 Å². The number of sulfonamides is 1. The third-order valence-electron chi connectivity index (χ3n) is 3.49. The Morgan fingerprint density at radius 2 is 1.59 bits per heavy atom. The Morgan fingerprint density at radius 3 is 2.00 bits per heavy atom. The summed E-state index contributed by atoms with van der Waals surface area (Å²) in [5.41, 5.74) is 2.46. The molecule has 22 heavy (non-hydrogen) atoms. The molecule has 1 rings (SSSR count). The molecular weight excluding hydrogens is 300 g/mol. The van der Waals surface area contributed by atoms with Gasteiger partial charge in [0, 0.05) is 20.6 Å². The Bertz CT molecular complexity index is 628. The molecule has 1 aromatic rings. The summed E-state index contributed by atoms with van der Waals surface area (Å²) in [5, 5.41) is 0.